The van der Waals surface area contributed by atoms with Crippen LogP contribution in [0.2, 0.25) is 0 Å². The molecular weight excluding hydrogens is 476 g/mol. The van der Waals surface area contributed by atoms with Gasteiger partial charge in [0.25, 0.3) is 0 Å². The number of alkyl carbamates (subject to hydrolysis) is 1. The minimum Gasteiger partial charge on any atom is -0.453 e. The van der Waals surface area contributed by atoms with E-state index >= 15 is 0 Å². The number of nitriles is 1. The lowest BCUT2D eigenvalue weighted by Gasteiger charge is -2.65. The molecule has 6 heteroatoms. The largest absolute Gasteiger partial charge is 0.453 e. The summed E-state index contributed by atoms with van der Waals surface area (Å²) in [5, 5.41) is 12.6. The van der Waals surface area contributed by atoms with Crippen molar-refractivity contribution in [1.29, 1.82) is 5.26 Å². The molecule has 6 nitrogen and oxygen atoms in total. The molecule has 0 bridgehead atoms. The van der Waals surface area contributed by atoms with Gasteiger partial charge in [0.05, 0.1) is 12.7 Å². The van der Waals surface area contributed by atoms with Crippen molar-refractivity contribution < 1.29 is 19.1 Å². The standard InChI is InChI=1S/C32H46N2O4/c1-8-23-17-25(35)26-24-18-29(3,4)13-15-32(24,34-28(37)38-7)16-14-31(26,6)30(23,5)12-11-21-9-10-22(19-33)27(36)20(21)2/h10,17,20-21,24,26H,8-9,11-16,18H2,1-7H3,(H,34,37)/t20-,21-,24?,26?,30+,31+,32-/m0/s1. The molecular formula is C32H46N2O4. The van der Waals surface area contributed by atoms with Crippen LogP contribution in [-0.4, -0.2) is 30.3 Å². The summed E-state index contributed by atoms with van der Waals surface area (Å²) in [6.07, 6.45) is 11.1. The SMILES string of the molecule is CCC1=CC(=O)C2C3CC(C)(C)CC[C@]3(NC(=O)OC)CC[C@@]2(C)[C@]1(C)CC[C@@H]1CC=C(C#N)C(=O)[C@H]1C. The Balaban J connectivity index is 1.71. The summed E-state index contributed by atoms with van der Waals surface area (Å²) < 4.78 is 5.05. The number of hydrogen-bond acceptors (Lipinski definition) is 5. The number of ether oxygens (including phenoxy) is 1. The number of fused-ring (bicyclic) bond motifs is 3. The fourth-order valence-electron chi connectivity index (χ4n) is 8.77. The Bertz CT molecular complexity index is 1110. The van der Waals surface area contributed by atoms with Crippen molar-refractivity contribution in [3.8, 4) is 6.07 Å². The van der Waals surface area contributed by atoms with Gasteiger partial charge in [0.15, 0.2) is 11.6 Å². The second-order valence-corrected chi connectivity index (χ2v) is 13.8. The smallest absolute Gasteiger partial charge is 0.407 e. The minimum absolute atomic E-state index is 0.0381. The topological polar surface area (TPSA) is 96.3 Å². The summed E-state index contributed by atoms with van der Waals surface area (Å²) >= 11 is 0. The Kier molecular flexibility index (Phi) is 7.49. The zero-order chi connectivity index (χ0) is 28.1. The molecule has 0 aromatic carbocycles. The predicted molar refractivity (Wildman–Crippen MR) is 147 cm³/mol. The highest BCUT2D eigenvalue weighted by Gasteiger charge is 2.65. The first-order valence-corrected chi connectivity index (χ1v) is 14.5. The lowest BCUT2D eigenvalue weighted by molar-refractivity contribution is -0.152. The molecule has 0 heterocycles. The lowest BCUT2D eigenvalue weighted by Crippen LogP contribution is -2.68. The number of nitrogens with zero attached hydrogens (tertiary/aromatic N) is 1. The number of methoxy groups -OCH3 is 1. The van der Waals surface area contributed by atoms with E-state index in [-0.39, 0.29) is 51.5 Å². The molecule has 0 aliphatic heterocycles. The van der Waals surface area contributed by atoms with Crippen molar-refractivity contribution in [2.75, 3.05) is 7.11 Å². The number of nitrogens with one attached hydrogen (secondary N) is 1. The van der Waals surface area contributed by atoms with Gasteiger partial charge >= 0.3 is 6.09 Å². The lowest BCUT2D eigenvalue weighted by atomic mass is 9.40. The third-order valence-electron chi connectivity index (χ3n) is 11.6. The van der Waals surface area contributed by atoms with E-state index in [4.69, 9.17) is 4.74 Å². The zero-order valence-electron chi connectivity index (χ0n) is 24.4. The van der Waals surface area contributed by atoms with E-state index in [9.17, 15) is 19.6 Å². The number of ketones is 2. The van der Waals surface area contributed by atoms with E-state index in [0.717, 1.165) is 57.8 Å². The molecule has 0 saturated heterocycles. The summed E-state index contributed by atoms with van der Waals surface area (Å²) in [6, 6.07) is 2.06. The fourth-order valence-corrected chi connectivity index (χ4v) is 8.77. The normalized spacial score (nSPS) is 40.2. The van der Waals surface area contributed by atoms with Gasteiger partial charge in [-0.05, 0) is 91.9 Å². The van der Waals surface area contributed by atoms with E-state index in [1.54, 1.807) is 0 Å². The monoisotopic (exact) mass is 522 g/mol. The van der Waals surface area contributed by atoms with Crippen LogP contribution < -0.4 is 5.32 Å². The number of Topliss-reactive ketones (excluding diaryl/α,β-unsaturated/α-hetero) is 1. The highest BCUT2D eigenvalue weighted by molar-refractivity contribution is 6.01. The molecule has 4 aliphatic rings. The first-order chi connectivity index (χ1) is 17.8. The van der Waals surface area contributed by atoms with Crippen LogP contribution in [0.1, 0.15) is 99.3 Å². The molecule has 7 atom stereocenters. The van der Waals surface area contributed by atoms with E-state index in [1.165, 1.54) is 12.7 Å². The zero-order valence-corrected chi connectivity index (χ0v) is 24.4. The van der Waals surface area contributed by atoms with Crippen molar-refractivity contribution in [1.82, 2.24) is 5.32 Å². The van der Waals surface area contributed by atoms with Gasteiger partial charge in [-0.25, -0.2) is 4.79 Å². The second kappa shape index (κ2) is 9.96. The summed E-state index contributed by atoms with van der Waals surface area (Å²) in [5.74, 6) is 0.0765. The molecule has 2 unspecified atom stereocenters. The third kappa shape index (κ3) is 4.44. The number of rotatable bonds is 5. The quantitative estimate of drug-likeness (QED) is 0.433. The van der Waals surface area contributed by atoms with Crippen molar-refractivity contribution in [2.45, 2.75) is 105 Å². The Morgan fingerprint density at radius 3 is 2.47 bits per heavy atom. The van der Waals surface area contributed by atoms with E-state index in [1.807, 2.05) is 19.1 Å². The van der Waals surface area contributed by atoms with Crippen LogP contribution in [0.5, 0.6) is 0 Å². The first-order valence-electron chi connectivity index (χ1n) is 14.5. The van der Waals surface area contributed by atoms with Crippen LogP contribution in [0.3, 0.4) is 0 Å². The van der Waals surface area contributed by atoms with Gasteiger partial charge in [0.2, 0.25) is 0 Å². The second-order valence-electron chi connectivity index (χ2n) is 13.8. The van der Waals surface area contributed by atoms with Gasteiger partial charge in [-0.3, -0.25) is 9.59 Å². The van der Waals surface area contributed by atoms with Gasteiger partial charge in [0.1, 0.15) is 6.07 Å². The number of carbonyl (C=O) groups excluding carboxylic acids is 3. The molecule has 4 rings (SSSR count). The first kappa shape index (κ1) is 28.6. The average Bonchev–Trinajstić information content (AvgIpc) is 2.87. The van der Waals surface area contributed by atoms with Crippen molar-refractivity contribution in [3.63, 3.8) is 0 Å². The predicted octanol–water partition coefficient (Wildman–Crippen LogP) is 6.70. The maximum Gasteiger partial charge on any atom is 0.407 e. The van der Waals surface area contributed by atoms with E-state index in [0.29, 0.717) is 5.57 Å². The maximum atomic E-state index is 14.0. The van der Waals surface area contributed by atoms with Crippen LogP contribution in [-0.2, 0) is 14.3 Å². The number of allylic oxidation sites excluding steroid dienone is 4. The summed E-state index contributed by atoms with van der Waals surface area (Å²) in [5.41, 5.74) is 0.737. The molecule has 0 aromatic heterocycles. The molecule has 4 aliphatic carbocycles. The summed E-state index contributed by atoms with van der Waals surface area (Å²) in [4.78, 5) is 39.3. The average molecular weight is 523 g/mol. The van der Waals surface area contributed by atoms with Crippen molar-refractivity contribution >= 4 is 17.7 Å². The van der Waals surface area contributed by atoms with Crippen LogP contribution in [0.15, 0.2) is 23.3 Å². The molecule has 0 aromatic rings. The Morgan fingerprint density at radius 1 is 1.16 bits per heavy atom. The van der Waals surface area contributed by atoms with Crippen molar-refractivity contribution in [2.24, 2.45) is 39.9 Å². The van der Waals surface area contributed by atoms with E-state index in [2.05, 4.69) is 46.0 Å². The maximum absolute atomic E-state index is 14.0. The van der Waals surface area contributed by atoms with Crippen LogP contribution in [0.4, 0.5) is 4.79 Å². The molecule has 2 saturated carbocycles. The van der Waals surface area contributed by atoms with Gasteiger partial charge in [-0.2, -0.15) is 5.26 Å². The highest BCUT2D eigenvalue weighted by atomic mass is 16.5. The summed E-state index contributed by atoms with van der Waals surface area (Å²) in [7, 11) is 1.41. The Hall–Kier alpha value is -2.42. The Morgan fingerprint density at radius 2 is 1.84 bits per heavy atom. The van der Waals surface area contributed by atoms with Gasteiger partial charge < -0.3 is 10.1 Å². The molecule has 0 spiro atoms. The molecule has 2 fully saturated rings. The minimum atomic E-state index is -0.427. The molecule has 1 N–H and O–H groups in total. The van der Waals surface area contributed by atoms with Gasteiger partial charge in [-0.15, -0.1) is 0 Å². The van der Waals surface area contributed by atoms with Crippen molar-refractivity contribution in [3.05, 3.63) is 23.3 Å². The molecule has 0 radical (unpaired) electrons. The Labute approximate surface area is 228 Å². The molecule has 208 valence electrons. The van der Waals surface area contributed by atoms with Crippen LogP contribution >= 0.6 is 0 Å². The molecule has 38 heavy (non-hydrogen) atoms. The fraction of sp³-hybridized carbons (Fsp3) is 0.750. The van der Waals surface area contributed by atoms with Gasteiger partial charge in [0, 0.05) is 17.4 Å². The number of carbonyl (C=O) groups is 3. The highest BCUT2D eigenvalue weighted by Crippen LogP contribution is 2.67. The molecule has 1 amide bonds. The number of amides is 1. The van der Waals surface area contributed by atoms with Crippen LogP contribution in [0.25, 0.3) is 0 Å². The third-order valence-corrected chi connectivity index (χ3v) is 11.6. The van der Waals surface area contributed by atoms with E-state index < -0.39 is 11.6 Å². The number of hydrogen-bond donors (Lipinski definition) is 1. The van der Waals surface area contributed by atoms with Crippen LogP contribution in [0, 0.1) is 51.2 Å². The summed E-state index contributed by atoms with van der Waals surface area (Å²) in [6.45, 7) is 13.3. The van der Waals surface area contributed by atoms with Gasteiger partial charge in [-0.1, -0.05) is 53.2 Å².